The molecule has 0 radical (unpaired) electrons. The number of nitrogens with zero attached hydrogens (tertiary/aromatic N) is 3. The molecule has 1 aliphatic heterocycles. The zero-order chi connectivity index (χ0) is 16.4. The molecule has 0 spiro atoms. The fourth-order valence-corrected chi connectivity index (χ4v) is 2.86. The minimum atomic E-state index is -1.04. The van der Waals surface area contributed by atoms with Gasteiger partial charge < -0.3 is 20.3 Å². The third-order valence-corrected chi connectivity index (χ3v) is 3.95. The Hall–Kier alpha value is -2.90. The molecule has 8 nitrogen and oxygen atoms in total. The highest BCUT2D eigenvalue weighted by Crippen LogP contribution is 2.25. The van der Waals surface area contributed by atoms with Crippen LogP contribution in [0, 0.1) is 0 Å². The normalized spacial score (nSPS) is 17.9. The first-order valence-corrected chi connectivity index (χ1v) is 7.33. The highest BCUT2D eigenvalue weighted by atomic mass is 16.4. The molecule has 23 heavy (non-hydrogen) atoms. The molecule has 0 aromatic carbocycles. The van der Waals surface area contributed by atoms with Crippen LogP contribution in [0.15, 0.2) is 25.2 Å². The van der Waals surface area contributed by atoms with Gasteiger partial charge in [-0.25, -0.2) is 14.8 Å². The third-order valence-electron chi connectivity index (χ3n) is 3.95. The second-order valence-corrected chi connectivity index (χ2v) is 5.43. The first kappa shape index (κ1) is 15.0. The SMILES string of the molecule is C=CC(=O)N1CCCC(Nc2ncnc3[nH]cc(C(=O)O)c23)C1. The standard InChI is InChI=1S/C15H17N5O3/c1-2-11(21)20-5-3-4-9(7-20)19-14-12-10(15(22)23)6-16-13(12)17-8-18-14/h2,6,8-9H,1,3-5,7H2,(H,22,23)(H2,16,17,18,19). The van der Waals surface area contributed by atoms with E-state index >= 15 is 0 Å². The number of rotatable bonds is 4. The van der Waals surface area contributed by atoms with Crippen LogP contribution in [0.1, 0.15) is 23.2 Å². The number of carboxylic acid groups (broad SMARTS) is 1. The maximum absolute atomic E-state index is 11.8. The molecular formula is C15H17N5O3. The van der Waals surface area contributed by atoms with Gasteiger partial charge in [0.15, 0.2) is 0 Å². The van der Waals surface area contributed by atoms with Gasteiger partial charge in [0, 0.05) is 25.3 Å². The van der Waals surface area contributed by atoms with Crippen molar-refractivity contribution in [1.29, 1.82) is 0 Å². The minimum Gasteiger partial charge on any atom is -0.478 e. The van der Waals surface area contributed by atoms with Gasteiger partial charge in [-0.15, -0.1) is 0 Å². The number of anilines is 1. The average molecular weight is 315 g/mol. The van der Waals surface area contributed by atoms with Gasteiger partial charge in [0.2, 0.25) is 5.91 Å². The Kier molecular flexibility index (Phi) is 3.96. The van der Waals surface area contributed by atoms with Gasteiger partial charge in [-0.3, -0.25) is 4.79 Å². The lowest BCUT2D eigenvalue weighted by Gasteiger charge is -2.32. The number of hydrogen-bond donors (Lipinski definition) is 3. The predicted molar refractivity (Wildman–Crippen MR) is 84.3 cm³/mol. The van der Waals surface area contributed by atoms with Crippen molar-refractivity contribution < 1.29 is 14.7 Å². The van der Waals surface area contributed by atoms with E-state index in [-0.39, 0.29) is 17.5 Å². The number of likely N-dealkylation sites (tertiary alicyclic amines) is 1. The molecule has 120 valence electrons. The second-order valence-electron chi connectivity index (χ2n) is 5.43. The van der Waals surface area contributed by atoms with Crippen LogP contribution in [0.3, 0.4) is 0 Å². The summed E-state index contributed by atoms with van der Waals surface area (Å²) in [6, 6.07) is 0.00212. The van der Waals surface area contributed by atoms with Crippen molar-refractivity contribution in [1.82, 2.24) is 19.9 Å². The van der Waals surface area contributed by atoms with Gasteiger partial charge >= 0.3 is 5.97 Å². The van der Waals surface area contributed by atoms with Crippen molar-refractivity contribution in [2.75, 3.05) is 18.4 Å². The molecule has 0 aliphatic carbocycles. The van der Waals surface area contributed by atoms with Gasteiger partial charge in [0.1, 0.15) is 17.8 Å². The number of carbonyl (C=O) groups is 2. The lowest BCUT2D eigenvalue weighted by atomic mass is 10.1. The van der Waals surface area contributed by atoms with Crippen LogP contribution in [-0.2, 0) is 4.79 Å². The molecule has 3 rings (SSSR count). The van der Waals surface area contributed by atoms with Crippen LogP contribution in [0.5, 0.6) is 0 Å². The Morgan fingerprint density at radius 2 is 2.30 bits per heavy atom. The fourth-order valence-electron chi connectivity index (χ4n) is 2.86. The number of aromatic nitrogens is 3. The highest BCUT2D eigenvalue weighted by molar-refractivity contribution is 6.06. The Morgan fingerprint density at radius 1 is 1.48 bits per heavy atom. The number of carbonyl (C=O) groups excluding carboxylic acids is 1. The Bertz CT molecular complexity index is 770. The largest absolute Gasteiger partial charge is 0.478 e. The average Bonchev–Trinajstić information content (AvgIpc) is 3.00. The Morgan fingerprint density at radius 3 is 3.04 bits per heavy atom. The van der Waals surface area contributed by atoms with Crippen LogP contribution in [0.4, 0.5) is 5.82 Å². The maximum atomic E-state index is 11.8. The van der Waals surface area contributed by atoms with Crippen LogP contribution in [0.2, 0.25) is 0 Å². The second kappa shape index (κ2) is 6.07. The van der Waals surface area contributed by atoms with Crippen molar-refractivity contribution in [3.8, 4) is 0 Å². The zero-order valence-electron chi connectivity index (χ0n) is 12.5. The number of aromatic carboxylic acids is 1. The van der Waals surface area contributed by atoms with Gasteiger partial charge in [0.25, 0.3) is 0 Å². The molecule has 1 amide bonds. The number of amides is 1. The number of hydrogen-bond acceptors (Lipinski definition) is 5. The number of aromatic amines is 1. The van der Waals surface area contributed by atoms with E-state index in [2.05, 4.69) is 26.8 Å². The van der Waals surface area contributed by atoms with Gasteiger partial charge in [-0.2, -0.15) is 0 Å². The summed E-state index contributed by atoms with van der Waals surface area (Å²) in [6.07, 6.45) is 5.83. The summed E-state index contributed by atoms with van der Waals surface area (Å²) >= 11 is 0. The fraction of sp³-hybridized carbons (Fsp3) is 0.333. The molecule has 1 saturated heterocycles. The van der Waals surface area contributed by atoms with Crippen molar-refractivity contribution in [2.45, 2.75) is 18.9 Å². The maximum Gasteiger partial charge on any atom is 0.338 e. The zero-order valence-corrected chi connectivity index (χ0v) is 12.5. The Balaban J connectivity index is 1.86. The van der Waals surface area contributed by atoms with Gasteiger partial charge in [-0.05, 0) is 18.9 Å². The molecule has 1 atom stereocenters. The summed E-state index contributed by atoms with van der Waals surface area (Å²) in [7, 11) is 0. The smallest absolute Gasteiger partial charge is 0.338 e. The van der Waals surface area contributed by atoms with E-state index in [4.69, 9.17) is 0 Å². The van der Waals surface area contributed by atoms with Crippen molar-refractivity contribution in [2.24, 2.45) is 0 Å². The van der Waals surface area contributed by atoms with E-state index in [0.717, 1.165) is 12.8 Å². The quantitative estimate of drug-likeness (QED) is 0.732. The van der Waals surface area contributed by atoms with Crippen LogP contribution in [0.25, 0.3) is 11.0 Å². The van der Waals surface area contributed by atoms with Gasteiger partial charge in [0.05, 0.1) is 10.9 Å². The summed E-state index contributed by atoms with van der Waals surface area (Å²) in [5.74, 6) is -0.676. The lowest BCUT2D eigenvalue weighted by Crippen LogP contribution is -2.44. The third kappa shape index (κ3) is 2.87. The summed E-state index contributed by atoms with van der Waals surface area (Å²) in [6.45, 7) is 4.74. The topological polar surface area (TPSA) is 111 Å². The summed E-state index contributed by atoms with van der Waals surface area (Å²) in [4.78, 5) is 35.9. The molecule has 1 aliphatic rings. The van der Waals surface area contributed by atoms with Crippen LogP contribution >= 0.6 is 0 Å². The molecule has 3 heterocycles. The monoisotopic (exact) mass is 315 g/mol. The molecule has 3 N–H and O–H groups in total. The van der Waals surface area contributed by atoms with Crippen LogP contribution < -0.4 is 5.32 Å². The lowest BCUT2D eigenvalue weighted by molar-refractivity contribution is -0.127. The number of nitrogens with one attached hydrogen (secondary N) is 2. The van der Waals surface area contributed by atoms with Crippen molar-refractivity contribution in [3.05, 3.63) is 30.7 Å². The van der Waals surface area contributed by atoms with E-state index in [1.54, 1.807) is 4.90 Å². The Labute approximate surface area is 132 Å². The first-order valence-electron chi connectivity index (χ1n) is 7.33. The number of carboxylic acids is 1. The predicted octanol–water partition coefficient (Wildman–Crippen LogP) is 1.24. The summed E-state index contributed by atoms with van der Waals surface area (Å²) in [5.41, 5.74) is 0.590. The number of fused-ring (bicyclic) bond motifs is 1. The van der Waals surface area contributed by atoms with Crippen LogP contribution in [-0.4, -0.2) is 56.0 Å². The molecule has 2 aromatic heterocycles. The van der Waals surface area contributed by atoms with Crippen molar-refractivity contribution in [3.63, 3.8) is 0 Å². The van der Waals surface area contributed by atoms with Crippen molar-refractivity contribution >= 4 is 28.7 Å². The van der Waals surface area contributed by atoms with E-state index in [0.29, 0.717) is 29.9 Å². The van der Waals surface area contributed by atoms with E-state index in [1.165, 1.54) is 18.6 Å². The molecule has 0 saturated carbocycles. The first-order chi connectivity index (χ1) is 11.1. The summed E-state index contributed by atoms with van der Waals surface area (Å²) < 4.78 is 0. The molecule has 0 bridgehead atoms. The van der Waals surface area contributed by atoms with Gasteiger partial charge in [-0.1, -0.05) is 6.58 Å². The molecule has 1 fully saturated rings. The van der Waals surface area contributed by atoms with E-state index in [1.807, 2.05) is 0 Å². The van der Waals surface area contributed by atoms with E-state index in [9.17, 15) is 14.7 Å². The molecular weight excluding hydrogens is 298 g/mol. The number of H-pyrrole nitrogens is 1. The summed E-state index contributed by atoms with van der Waals surface area (Å²) in [5, 5.41) is 13.0. The molecule has 2 aromatic rings. The van der Waals surface area contributed by atoms with E-state index < -0.39 is 5.97 Å². The molecule has 1 unspecified atom stereocenters. The molecule has 8 heteroatoms. The highest BCUT2D eigenvalue weighted by Gasteiger charge is 2.24. The number of piperidine rings is 1. The minimum absolute atomic E-state index is 0.00212.